The molecule has 0 spiro atoms. The summed E-state index contributed by atoms with van der Waals surface area (Å²) in [5.74, 6) is -0.0864. The Morgan fingerprint density at radius 1 is 1.09 bits per heavy atom. The van der Waals surface area contributed by atoms with E-state index in [-0.39, 0.29) is 11.9 Å². The topological polar surface area (TPSA) is 94.2 Å². The van der Waals surface area contributed by atoms with Crippen molar-refractivity contribution in [2.75, 3.05) is 12.8 Å². The molecule has 0 fully saturated rings. The molecule has 1 atom stereocenters. The fourth-order valence-corrected chi connectivity index (χ4v) is 4.71. The van der Waals surface area contributed by atoms with E-state index in [1.165, 1.54) is 19.2 Å². The lowest BCUT2D eigenvalue weighted by atomic mass is 9.87. The minimum absolute atomic E-state index is 0.123. The van der Waals surface area contributed by atoms with Gasteiger partial charge in [-0.1, -0.05) is 36.4 Å². The van der Waals surface area contributed by atoms with E-state index < -0.39 is 11.9 Å². The summed E-state index contributed by atoms with van der Waals surface area (Å²) in [7, 11) is 1.52. The van der Waals surface area contributed by atoms with Gasteiger partial charge in [-0.15, -0.1) is 0 Å². The van der Waals surface area contributed by atoms with Crippen molar-refractivity contribution in [2.45, 2.75) is 25.9 Å². The number of nitrogen functional groups attached to an aromatic ring is 1. The molecule has 35 heavy (non-hydrogen) atoms. The Kier molecular flexibility index (Phi) is 5.86. The van der Waals surface area contributed by atoms with Crippen molar-refractivity contribution < 1.29 is 13.9 Å². The van der Waals surface area contributed by atoms with Gasteiger partial charge in [0.05, 0.1) is 30.1 Å². The largest absolute Gasteiger partial charge is 0.481 e. The number of aromatic nitrogens is 3. The molecule has 2 aromatic carbocycles. The quantitative estimate of drug-likeness (QED) is 0.462. The van der Waals surface area contributed by atoms with Gasteiger partial charge in [0.2, 0.25) is 11.8 Å². The number of carbonyl (C=O) groups excluding carboxylic acids is 1. The molecule has 1 amide bonds. The summed E-state index contributed by atoms with van der Waals surface area (Å²) in [6.45, 7) is 2.13. The SMILES string of the molecule is COc1ncccc1-c1cc(F)ccc1C1Cc2nc(N)nc(C)c2C(=O)N1Cc1ccccc1. The minimum Gasteiger partial charge on any atom is -0.481 e. The average molecular weight is 470 g/mol. The highest BCUT2D eigenvalue weighted by Crippen LogP contribution is 2.41. The molecule has 0 saturated carbocycles. The van der Waals surface area contributed by atoms with Crippen LogP contribution in [0, 0.1) is 12.7 Å². The molecule has 5 rings (SSSR count). The Labute approximate surface area is 202 Å². The average Bonchev–Trinajstić information content (AvgIpc) is 2.86. The molecular formula is C27H24FN5O2. The highest BCUT2D eigenvalue weighted by Gasteiger charge is 2.37. The molecule has 3 heterocycles. The van der Waals surface area contributed by atoms with E-state index in [1.807, 2.05) is 36.4 Å². The van der Waals surface area contributed by atoms with Crippen LogP contribution < -0.4 is 10.5 Å². The number of methoxy groups -OCH3 is 1. The van der Waals surface area contributed by atoms with Gasteiger partial charge >= 0.3 is 0 Å². The third-order valence-electron chi connectivity index (χ3n) is 6.24. The molecule has 2 aromatic heterocycles. The predicted octanol–water partition coefficient (Wildman–Crippen LogP) is 4.52. The maximum Gasteiger partial charge on any atom is 0.258 e. The highest BCUT2D eigenvalue weighted by molar-refractivity contribution is 5.98. The van der Waals surface area contributed by atoms with Crippen molar-refractivity contribution in [1.82, 2.24) is 19.9 Å². The Hall–Kier alpha value is -4.33. The Morgan fingerprint density at radius 3 is 2.66 bits per heavy atom. The summed E-state index contributed by atoms with van der Waals surface area (Å²) in [5, 5.41) is 0. The number of halogens is 1. The zero-order chi connectivity index (χ0) is 24.5. The number of anilines is 1. The van der Waals surface area contributed by atoms with Crippen LogP contribution in [0.1, 0.15) is 38.9 Å². The molecule has 2 N–H and O–H groups in total. The molecule has 8 heteroatoms. The number of nitrogens with zero attached hydrogens (tertiary/aromatic N) is 4. The predicted molar refractivity (Wildman–Crippen MR) is 130 cm³/mol. The van der Waals surface area contributed by atoms with Crippen LogP contribution in [0.25, 0.3) is 11.1 Å². The molecule has 0 bridgehead atoms. The molecule has 0 aliphatic carbocycles. The van der Waals surface area contributed by atoms with Crippen molar-refractivity contribution in [3.63, 3.8) is 0 Å². The minimum atomic E-state index is -0.426. The van der Waals surface area contributed by atoms with Crippen molar-refractivity contribution >= 4 is 11.9 Å². The molecular weight excluding hydrogens is 445 g/mol. The number of pyridine rings is 1. The molecule has 0 saturated heterocycles. The number of fused-ring (bicyclic) bond motifs is 1. The maximum atomic E-state index is 14.5. The molecule has 0 radical (unpaired) electrons. The summed E-state index contributed by atoms with van der Waals surface area (Å²) in [5.41, 5.74) is 10.5. The van der Waals surface area contributed by atoms with Gasteiger partial charge in [0.25, 0.3) is 5.91 Å². The van der Waals surface area contributed by atoms with Crippen LogP contribution in [-0.4, -0.2) is 32.9 Å². The van der Waals surface area contributed by atoms with E-state index in [4.69, 9.17) is 10.5 Å². The molecule has 176 valence electrons. The lowest BCUT2D eigenvalue weighted by molar-refractivity contribution is 0.0625. The zero-order valence-corrected chi connectivity index (χ0v) is 19.4. The third-order valence-corrected chi connectivity index (χ3v) is 6.24. The van der Waals surface area contributed by atoms with Crippen LogP contribution >= 0.6 is 0 Å². The van der Waals surface area contributed by atoms with E-state index in [0.29, 0.717) is 46.9 Å². The normalized spacial score (nSPS) is 15.1. The summed E-state index contributed by atoms with van der Waals surface area (Å²) >= 11 is 0. The summed E-state index contributed by atoms with van der Waals surface area (Å²) in [6, 6.07) is 17.5. The van der Waals surface area contributed by atoms with E-state index in [9.17, 15) is 9.18 Å². The van der Waals surface area contributed by atoms with Gasteiger partial charge in [-0.3, -0.25) is 4.79 Å². The first-order valence-corrected chi connectivity index (χ1v) is 11.2. The van der Waals surface area contributed by atoms with Gasteiger partial charge in [0, 0.05) is 24.7 Å². The zero-order valence-electron chi connectivity index (χ0n) is 19.4. The van der Waals surface area contributed by atoms with Gasteiger partial charge in [-0.2, -0.15) is 0 Å². The molecule has 4 aromatic rings. The standard InChI is InChI=1S/C27H24FN5O2/c1-16-24-22(32-27(29)31-16)14-23(33(26(24)34)15-17-7-4-3-5-8-17)19-11-10-18(28)13-21(19)20-9-6-12-30-25(20)35-2/h3-13,23H,14-15H2,1-2H3,(H2,29,31,32). The Balaban J connectivity index is 1.70. The number of hydrogen-bond acceptors (Lipinski definition) is 6. The Morgan fingerprint density at radius 2 is 1.89 bits per heavy atom. The first kappa shape index (κ1) is 22.5. The van der Waals surface area contributed by atoms with Gasteiger partial charge in [0.1, 0.15) is 5.82 Å². The van der Waals surface area contributed by atoms with E-state index >= 15 is 0 Å². The number of benzene rings is 2. The Bertz CT molecular complexity index is 1410. The van der Waals surface area contributed by atoms with Crippen LogP contribution in [0.5, 0.6) is 5.88 Å². The lowest BCUT2D eigenvalue weighted by Crippen LogP contribution is -2.41. The number of carbonyl (C=O) groups is 1. The highest BCUT2D eigenvalue weighted by atomic mass is 19.1. The van der Waals surface area contributed by atoms with Crippen molar-refractivity contribution in [3.05, 3.63) is 101 Å². The van der Waals surface area contributed by atoms with Gasteiger partial charge in [-0.05, 0) is 47.9 Å². The van der Waals surface area contributed by atoms with Gasteiger partial charge in [0.15, 0.2) is 0 Å². The first-order chi connectivity index (χ1) is 17.0. The van der Waals surface area contributed by atoms with Crippen molar-refractivity contribution in [1.29, 1.82) is 0 Å². The molecule has 7 nitrogen and oxygen atoms in total. The van der Waals surface area contributed by atoms with Gasteiger partial charge < -0.3 is 15.4 Å². The lowest BCUT2D eigenvalue weighted by Gasteiger charge is -2.38. The second-order valence-electron chi connectivity index (χ2n) is 8.42. The number of rotatable bonds is 5. The third kappa shape index (κ3) is 4.19. The first-order valence-electron chi connectivity index (χ1n) is 11.2. The van der Waals surface area contributed by atoms with E-state index in [0.717, 1.165) is 11.1 Å². The maximum absolute atomic E-state index is 14.5. The number of nitrogens with two attached hydrogens (primary N) is 1. The fourth-order valence-electron chi connectivity index (χ4n) is 4.71. The van der Waals surface area contributed by atoms with E-state index in [1.54, 1.807) is 30.2 Å². The van der Waals surface area contributed by atoms with E-state index in [2.05, 4.69) is 15.0 Å². The van der Waals surface area contributed by atoms with Crippen LogP contribution in [0.2, 0.25) is 0 Å². The second kappa shape index (κ2) is 9.13. The molecule has 1 aliphatic heterocycles. The number of hydrogen-bond donors (Lipinski definition) is 1. The smallest absolute Gasteiger partial charge is 0.258 e. The number of ether oxygens (including phenoxy) is 1. The van der Waals surface area contributed by atoms with Crippen LogP contribution in [0.15, 0.2) is 66.9 Å². The van der Waals surface area contributed by atoms with Crippen LogP contribution in [-0.2, 0) is 13.0 Å². The van der Waals surface area contributed by atoms with Crippen LogP contribution in [0.4, 0.5) is 10.3 Å². The molecule has 1 aliphatic rings. The van der Waals surface area contributed by atoms with Crippen molar-refractivity contribution in [3.8, 4) is 17.0 Å². The summed E-state index contributed by atoms with van der Waals surface area (Å²) in [4.78, 5) is 28.6. The van der Waals surface area contributed by atoms with Crippen LogP contribution in [0.3, 0.4) is 0 Å². The molecule has 1 unspecified atom stereocenters. The number of amides is 1. The number of aryl methyl sites for hydroxylation is 1. The monoisotopic (exact) mass is 469 g/mol. The van der Waals surface area contributed by atoms with Crippen molar-refractivity contribution in [2.24, 2.45) is 0 Å². The summed E-state index contributed by atoms with van der Waals surface area (Å²) < 4.78 is 20.0. The van der Waals surface area contributed by atoms with Gasteiger partial charge in [-0.25, -0.2) is 19.3 Å². The second-order valence-corrected chi connectivity index (χ2v) is 8.42. The summed E-state index contributed by atoms with van der Waals surface area (Å²) in [6.07, 6.45) is 2.02. The fraction of sp³-hybridized carbons (Fsp3) is 0.185.